The van der Waals surface area contributed by atoms with Crippen molar-refractivity contribution in [3.8, 4) is 0 Å². The van der Waals surface area contributed by atoms with Crippen LogP contribution < -0.4 is 4.72 Å². The molecule has 1 aliphatic rings. The zero-order chi connectivity index (χ0) is 14.9. The molecule has 2 aromatic heterocycles. The summed E-state index contributed by atoms with van der Waals surface area (Å²) in [6.45, 7) is 0.122. The van der Waals surface area contributed by atoms with Gasteiger partial charge in [0.15, 0.2) is 0 Å². The molecule has 0 bridgehead atoms. The minimum Gasteiger partial charge on any atom is -0.469 e. The van der Waals surface area contributed by atoms with Crippen molar-refractivity contribution in [2.75, 3.05) is 6.54 Å². The average Bonchev–Trinajstić information content (AvgIpc) is 3.00. The van der Waals surface area contributed by atoms with Crippen molar-refractivity contribution < 1.29 is 17.9 Å². The summed E-state index contributed by atoms with van der Waals surface area (Å²) < 4.78 is 34.1. The van der Waals surface area contributed by atoms with Gasteiger partial charge in [0.2, 0.25) is 10.0 Å². The Kier molecular flexibility index (Phi) is 3.88. The van der Waals surface area contributed by atoms with Crippen LogP contribution in [0.1, 0.15) is 30.3 Å². The van der Waals surface area contributed by atoms with Crippen molar-refractivity contribution in [1.29, 1.82) is 0 Å². The van der Waals surface area contributed by atoms with Gasteiger partial charge in [-0.2, -0.15) is 0 Å². The van der Waals surface area contributed by atoms with Gasteiger partial charge in [-0.25, -0.2) is 13.1 Å². The molecule has 0 spiro atoms. The quantitative estimate of drug-likeness (QED) is 0.810. The Hall–Kier alpha value is -1.57. The van der Waals surface area contributed by atoms with E-state index in [0.29, 0.717) is 18.2 Å². The Morgan fingerprint density at radius 2 is 2.24 bits per heavy atom. The van der Waals surface area contributed by atoms with Crippen LogP contribution in [0.2, 0.25) is 0 Å². The topological polar surface area (TPSA) is 84.5 Å². The molecule has 1 aliphatic carbocycles. The maximum Gasteiger partial charge on any atom is 0.242 e. The predicted octanol–water partition coefficient (Wildman–Crippen LogP) is 1.43. The summed E-state index contributed by atoms with van der Waals surface area (Å²) in [7, 11) is -3.55. The third-order valence-corrected chi connectivity index (χ3v) is 4.99. The highest BCUT2D eigenvalue weighted by atomic mass is 32.2. The first kappa shape index (κ1) is 14.4. The van der Waals surface area contributed by atoms with Crippen LogP contribution in [0.4, 0.5) is 0 Å². The molecule has 7 heteroatoms. The highest BCUT2D eigenvalue weighted by Gasteiger charge is 2.27. The molecule has 0 radical (unpaired) electrons. The van der Waals surface area contributed by atoms with Gasteiger partial charge in [0, 0.05) is 30.9 Å². The fourth-order valence-corrected chi connectivity index (χ4v) is 3.39. The smallest absolute Gasteiger partial charge is 0.242 e. The zero-order valence-electron chi connectivity index (χ0n) is 11.5. The van der Waals surface area contributed by atoms with Gasteiger partial charge in [0.05, 0.1) is 17.8 Å². The molecule has 0 atom stereocenters. The standard InChI is InChI=1S/C14H18N2O4S/c17-10-12-8-14(9-16(12)11-3-4-11)21(18,19)15-6-5-13-2-1-7-20-13/h1-2,7-9,11,15,17H,3-6,10H2. The van der Waals surface area contributed by atoms with Gasteiger partial charge in [-0.15, -0.1) is 0 Å². The van der Waals surface area contributed by atoms with E-state index in [2.05, 4.69) is 4.72 Å². The van der Waals surface area contributed by atoms with Gasteiger partial charge in [-0.05, 0) is 31.0 Å². The fourth-order valence-electron chi connectivity index (χ4n) is 2.31. The van der Waals surface area contributed by atoms with Gasteiger partial charge in [-0.1, -0.05) is 0 Å². The lowest BCUT2D eigenvalue weighted by Crippen LogP contribution is -2.25. The molecule has 2 N–H and O–H groups in total. The van der Waals surface area contributed by atoms with Gasteiger partial charge >= 0.3 is 0 Å². The highest BCUT2D eigenvalue weighted by Crippen LogP contribution is 2.37. The van der Waals surface area contributed by atoms with Crippen molar-refractivity contribution in [3.05, 3.63) is 42.1 Å². The van der Waals surface area contributed by atoms with E-state index in [1.165, 1.54) is 6.07 Å². The summed E-state index contributed by atoms with van der Waals surface area (Å²) >= 11 is 0. The second kappa shape index (κ2) is 5.67. The van der Waals surface area contributed by atoms with E-state index in [9.17, 15) is 13.5 Å². The van der Waals surface area contributed by atoms with Crippen LogP contribution in [0.5, 0.6) is 0 Å². The predicted molar refractivity (Wildman–Crippen MR) is 76.2 cm³/mol. The average molecular weight is 310 g/mol. The second-order valence-corrected chi connectivity index (χ2v) is 6.96. The number of aliphatic hydroxyl groups is 1. The Balaban J connectivity index is 1.69. The molecule has 0 aromatic carbocycles. The molecule has 0 aliphatic heterocycles. The van der Waals surface area contributed by atoms with Crippen LogP contribution in [0.25, 0.3) is 0 Å². The Morgan fingerprint density at radius 1 is 1.43 bits per heavy atom. The maximum absolute atomic E-state index is 12.2. The largest absolute Gasteiger partial charge is 0.469 e. The number of nitrogens with zero attached hydrogens (tertiary/aromatic N) is 1. The third kappa shape index (κ3) is 3.20. The van der Waals surface area contributed by atoms with Crippen molar-refractivity contribution in [3.63, 3.8) is 0 Å². The van der Waals surface area contributed by atoms with E-state index in [4.69, 9.17) is 4.42 Å². The summed E-state index contributed by atoms with van der Waals surface area (Å²) in [5, 5.41) is 9.33. The fraction of sp³-hybridized carbons (Fsp3) is 0.429. The van der Waals surface area contributed by atoms with Crippen LogP contribution in [0, 0.1) is 0 Å². The van der Waals surface area contributed by atoms with Crippen LogP contribution >= 0.6 is 0 Å². The molecule has 0 saturated heterocycles. The molecular weight excluding hydrogens is 292 g/mol. The first-order valence-electron chi connectivity index (χ1n) is 6.94. The summed E-state index contributed by atoms with van der Waals surface area (Å²) in [4.78, 5) is 0.206. The van der Waals surface area contributed by atoms with Crippen LogP contribution in [0.15, 0.2) is 40.0 Å². The molecule has 2 aromatic rings. The monoisotopic (exact) mass is 310 g/mol. The minimum atomic E-state index is -3.55. The molecule has 114 valence electrons. The van der Waals surface area contributed by atoms with E-state index < -0.39 is 10.0 Å². The lowest BCUT2D eigenvalue weighted by atomic mass is 10.3. The Morgan fingerprint density at radius 3 is 2.86 bits per heavy atom. The number of furan rings is 1. The Bertz CT molecular complexity index is 699. The lowest BCUT2D eigenvalue weighted by molar-refractivity contribution is 0.270. The van der Waals surface area contributed by atoms with Crippen LogP contribution in [0.3, 0.4) is 0 Å². The summed E-state index contributed by atoms with van der Waals surface area (Å²) in [5.41, 5.74) is 0.643. The zero-order valence-corrected chi connectivity index (χ0v) is 12.3. The van der Waals surface area contributed by atoms with E-state index in [0.717, 1.165) is 18.6 Å². The lowest BCUT2D eigenvalue weighted by Gasteiger charge is -2.04. The van der Waals surface area contributed by atoms with Gasteiger partial charge in [0.1, 0.15) is 5.76 Å². The number of hydrogen-bond donors (Lipinski definition) is 2. The molecule has 3 rings (SSSR count). The highest BCUT2D eigenvalue weighted by molar-refractivity contribution is 7.89. The SMILES string of the molecule is O=S(=O)(NCCc1ccco1)c1cc(CO)n(C2CC2)c1. The number of hydrogen-bond acceptors (Lipinski definition) is 4. The molecule has 21 heavy (non-hydrogen) atoms. The number of nitrogens with one attached hydrogen (secondary N) is 1. The van der Waals surface area contributed by atoms with E-state index in [1.54, 1.807) is 18.5 Å². The van der Waals surface area contributed by atoms with Crippen LogP contribution in [-0.2, 0) is 23.1 Å². The number of aliphatic hydroxyl groups excluding tert-OH is 1. The number of rotatable bonds is 7. The molecule has 2 heterocycles. The minimum absolute atomic E-state index is 0.154. The summed E-state index contributed by atoms with van der Waals surface area (Å²) in [6, 6.07) is 5.45. The molecule has 1 saturated carbocycles. The Labute approximate surface area is 123 Å². The van der Waals surface area contributed by atoms with E-state index >= 15 is 0 Å². The molecule has 1 fully saturated rings. The van der Waals surface area contributed by atoms with Gasteiger partial charge in [0.25, 0.3) is 0 Å². The number of aromatic nitrogens is 1. The van der Waals surface area contributed by atoms with Gasteiger partial charge in [-0.3, -0.25) is 0 Å². The van der Waals surface area contributed by atoms with Crippen molar-refractivity contribution in [1.82, 2.24) is 9.29 Å². The van der Waals surface area contributed by atoms with E-state index in [-0.39, 0.29) is 18.0 Å². The number of sulfonamides is 1. The first-order chi connectivity index (χ1) is 10.1. The third-order valence-electron chi connectivity index (χ3n) is 3.56. The van der Waals surface area contributed by atoms with Crippen molar-refractivity contribution in [2.45, 2.75) is 36.8 Å². The maximum atomic E-state index is 12.2. The molecule has 6 nitrogen and oxygen atoms in total. The van der Waals surface area contributed by atoms with Crippen molar-refractivity contribution in [2.24, 2.45) is 0 Å². The molecule has 0 amide bonds. The molecular formula is C14H18N2O4S. The van der Waals surface area contributed by atoms with E-state index in [1.807, 2.05) is 10.6 Å². The van der Waals surface area contributed by atoms with Crippen LogP contribution in [-0.4, -0.2) is 24.6 Å². The first-order valence-corrected chi connectivity index (χ1v) is 8.42. The van der Waals surface area contributed by atoms with Gasteiger partial charge < -0.3 is 14.1 Å². The second-order valence-electron chi connectivity index (χ2n) is 5.19. The normalized spacial score (nSPS) is 15.5. The molecule has 0 unspecified atom stereocenters. The summed E-state index contributed by atoms with van der Waals surface area (Å²) in [5.74, 6) is 0.740. The van der Waals surface area contributed by atoms with Crippen molar-refractivity contribution >= 4 is 10.0 Å². The summed E-state index contributed by atoms with van der Waals surface area (Å²) in [6.07, 6.45) is 5.74.